The second kappa shape index (κ2) is 5.27. The number of ether oxygens (including phenoxy) is 1. The fourth-order valence-corrected chi connectivity index (χ4v) is 3.49. The molecule has 17 heavy (non-hydrogen) atoms. The Morgan fingerprint density at radius 2 is 1.71 bits per heavy atom. The van der Waals surface area contributed by atoms with Crippen molar-refractivity contribution in [3.63, 3.8) is 0 Å². The third-order valence-electron chi connectivity index (χ3n) is 4.68. The SMILES string of the molecule is CC(C)(C)NCC1(C2CCCC2)CCOCC1. The first kappa shape index (κ1) is 13.4. The summed E-state index contributed by atoms with van der Waals surface area (Å²) in [6.07, 6.45) is 8.32. The largest absolute Gasteiger partial charge is 0.381 e. The summed E-state index contributed by atoms with van der Waals surface area (Å²) in [6.45, 7) is 9.95. The Kier molecular flexibility index (Phi) is 4.14. The van der Waals surface area contributed by atoms with Gasteiger partial charge in [0, 0.05) is 25.3 Å². The molecule has 0 spiro atoms. The molecule has 1 aliphatic carbocycles. The Balaban J connectivity index is 2.00. The molecule has 0 aromatic carbocycles. The molecule has 0 radical (unpaired) electrons. The number of nitrogens with one attached hydrogen (secondary N) is 1. The van der Waals surface area contributed by atoms with Crippen molar-refractivity contribution in [1.82, 2.24) is 5.32 Å². The maximum Gasteiger partial charge on any atom is 0.0471 e. The number of hydrogen-bond donors (Lipinski definition) is 1. The second-order valence-electron chi connectivity index (χ2n) is 7.06. The van der Waals surface area contributed by atoms with Gasteiger partial charge in [0.25, 0.3) is 0 Å². The molecule has 1 heterocycles. The second-order valence-corrected chi connectivity index (χ2v) is 7.06. The van der Waals surface area contributed by atoms with Crippen LogP contribution in [0.1, 0.15) is 59.3 Å². The minimum atomic E-state index is 0.240. The highest BCUT2D eigenvalue weighted by Gasteiger charge is 2.41. The summed E-state index contributed by atoms with van der Waals surface area (Å²) in [7, 11) is 0. The van der Waals surface area contributed by atoms with Gasteiger partial charge in [-0.1, -0.05) is 12.8 Å². The van der Waals surface area contributed by atoms with Crippen LogP contribution in [0.2, 0.25) is 0 Å². The molecule has 0 amide bonds. The lowest BCUT2D eigenvalue weighted by Crippen LogP contribution is -2.49. The highest BCUT2D eigenvalue weighted by molar-refractivity contribution is 4.93. The van der Waals surface area contributed by atoms with E-state index in [2.05, 4.69) is 26.1 Å². The summed E-state index contributed by atoms with van der Waals surface area (Å²) in [5.41, 5.74) is 0.770. The molecule has 2 rings (SSSR count). The molecule has 0 atom stereocenters. The molecule has 1 saturated carbocycles. The molecule has 0 aromatic heterocycles. The van der Waals surface area contributed by atoms with Crippen LogP contribution in [0.5, 0.6) is 0 Å². The lowest BCUT2D eigenvalue weighted by Gasteiger charge is -2.44. The Labute approximate surface area is 107 Å². The van der Waals surface area contributed by atoms with Gasteiger partial charge < -0.3 is 10.1 Å². The van der Waals surface area contributed by atoms with E-state index in [1.807, 2.05) is 0 Å². The first-order valence-electron chi connectivity index (χ1n) is 7.35. The summed E-state index contributed by atoms with van der Waals surface area (Å²) in [6, 6.07) is 0. The maximum absolute atomic E-state index is 5.59. The molecule has 2 nitrogen and oxygen atoms in total. The Hall–Kier alpha value is -0.0800. The van der Waals surface area contributed by atoms with Gasteiger partial charge in [0.15, 0.2) is 0 Å². The number of hydrogen-bond acceptors (Lipinski definition) is 2. The van der Waals surface area contributed by atoms with Crippen molar-refractivity contribution in [2.45, 2.75) is 64.8 Å². The molecular formula is C15H29NO. The zero-order valence-electron chi connectivity index (χ0n) is 11.8. The third-order valence-corrected chi connectivity index (χ3v) is 4.68. The quantitative estimate of drug-likeness (QED) is 0.815. The van der Waals surface area contributed by atoms with E-state index in [-0.39, 0.29) is 5.54 Å². The monoisotopic (exact) mass is 239 g/mol. The zero-order chi connectivity index (χ0) is 12.4. The van der Waals surface area contributed by atoms with E-state index < -0.39 is 0 Å². The van der Waals surface area contributed by atoms with Crippen molar-refractivity contribution in [2.75, 3.05) is 19.8 Å². The van der Waals surface area contributed by atoms with Crippen molar-refractivity contribution in [3.8, 4) is 0 Å². The summed E-state index contributed by atoms with van der Waals surface area (Å²) in [5.74, 6) is 0.946. The summed E-state index contributed by atoms with van der Waals surface area (Å²) >= 11 is 0. The van der Waals surface area contributed by atoms with Gasteiger partial charge in [-0.25, -0.2) is 0 Å². The van der Waals surface area contributed by atoms with Gasteiger partial charge in [-0.2, -0.15) is 0 Å². The van der Waals surface area contributed by atoms with Crippen molar-refractivity contribution in [1.29, 1.82) is 0 Å². The smallest absolute Gasteiger partial charge is 0.0471 e. The van der Waals surface area contributed by atoms with Crippen LogP contribution in [0.25, 0.3) is 0 Å². The highest BCUT2D eigenvalue weighted by atomic mass is 16.5. The van der Waals surface area contributed by atoms with Crippen LogP contribution in [-0.4, -0.2) is 25.3 Å². The average molecular weight is 239 g/mol. The molecule has 1 saturated heterocycles. The van der Waals surface area contributed by atoms with Crippen LogP contribution < -0.4 is 5.32 Å². The predicted molar refractivity (Wildman–Crippen MR) is 72.2 cm³/mol. The highest BCUT2D eigenvalue weighted by Crippen LogP contribution is 2.46. The molecule has 0 aromatic rings. The van der Waals surface area contributed by atoms with Gasteiger partial charge in [-0.3, -0.25) is 0 Å². The normalized spacial score (nSPS) is 26.3. The fraction of sp³-hybridized carbons (Fsp3) is 1.00. The number of rotatable bonds is 3. The van der Waals surface area contributed by atoms with Crippen molar-refractivity contribution < 1.29 is 4.74 Å². The molecule has 1 aliphatic heterocycles. The van der Waals surface area contributed by atoms with Gasteiger partial charge in [0.05, 0.1) is 0 Å². The molecule has 0 bridgehead atoms. The van der Waals surface area contributed by atoms with Gasteiger partial charge in [0.1, 0.15) is 0 Å². The van der Waals surface area contributed by atoms with Crippen molar-refractivity contribution >= 4 is 0 Å². The van der Waals surface area contributed by atoms with Gasteiger partial charge >= 0.3 is 0 Å². The topological polar surface area (TPSA) is 21.3 Å². The summed E-state index contributed by atoms with van der Waals surface area (Å²) < 4.78 is 5.59. The first-order valence-corrected chi connectivity index (χ1v) is 7.35. The van der Waals surface area contributed by atoms with E-state index in [1.165, 1.54) is 45.1 Å². The van der Waals surface area contributed by atoms with Gasteiger partial charge in [0.2, 0.25) is 0 Å². The van der Waals surface area contributed by atoms with Crippen LogP contribution in [0.3, 0.4) is 0 Å². The molecule has 2 aliphatic rings. The van der Waals surface area contributed by atoms with Gasteiger partial charge in [-0.15, -0.1) is 0 Å². The zero-order valence-corrected chi connectivity index (χ0v) is 11.8. The van der Waals surface area contributed by atoms with E-state index in [4.69, 9.17) is 4.74 Å². The van der Waals surface area contributed by atoms with E-state index in [9.17, 15) is 0 Å². The van der Waals surface area contributed by atoms with Gasteiger partial charge in [-0.05, 0) is 57.8 Å². The van der Waals surface area contributed by atoms with E-state index in [0.29, 0.717) is 5.41 Å². The van der Waals surface area contributed by atoms with E-state index >= 15 is 0 Å². The fourth-order valence-electron chi connectivity index (χ4n) is 3.49. The van der Waals surface area contributed by atoms with E-state index in [1.54, 1.807) is 0 Å². The standard InChI is InChI=1S/C15H29NO/c1-14(2,3)16-12-15(8-10-17-11-9-15)13-6-4-5-7-13/h13,16H,4-12H2,1-3H3. The molecular weight excluding hydrogens is 210 g/mol. The van der Waals surface area contributed by atoms with Crippen LogP contribution >= 0.6 is 0 Å². The minimum absolute atomic E-state index is 0.240. The molecule has 2 heteroatoms. The Bertz CT molecular complexity index is 232. The van der Waals surface area contributed by atoms with Crippen LogP contribution in [0.4, 0.5) is 0 Å². The molecule has 0 unspecified atom stereocenters. The van der Waals surface area contributed by atoms with Crippen LogP contribution in [-0.2, 0) is 4.74 Å². The Morgan fingerprint density at radius 1 is 1.12 bits per heavy atom. The Morgan fingerprint density at radius 3 is 2.24 bits per heavy atom. The lowest BCUT2D eigenvalue weighted by molar-refractivity contribution is -0.0197. The average Bonchev–Trinajstić information content (AvgIpc) is 2.81. The molecule has 100 valence electrons. The van der Waals surface area contributed by atoms with Crippen molar-refractivity contribution in [2.24, 2.45) is 11.3 Å². The predicted octanol–water partition coefficient (Wildman–Crippen LogP) is 3.36. The minimum Gasteiger partial charge on any atom is -0.381 e. The summed E-state index contributed by atoms with van der Waals surface area (Å²) in [4.78, 5) is 0. The summed E-state index contributed by atoms with van der Waals surface area (Å²) in [5, 5.41) is 3.75. The molecule has 1 N–H and O–H groups in total. The first-order chi connectivity index (χ1) is 8.02. The van der Waals surface area contributed by atoms with Crippen molar-refractivity contribution in [3.05, 3.63) is 0 Å². The van der Waals surface area contributed by atoms with Crippen LogP contribution in [0.15, 0.2) is 0 Å². The molecule has 2 fully saturated rings. The lowest BCUT2D eigenvalue weighted by atomic mass is 9.68. The van der Waals surface area contributed by atoms with E-state index in [0.717, 1.165) is 19.1 Å². The maximum atomic E-state index is 5.59. The van der Waals surface area contributed by atoms with Crippen LogP contribution in [0, 0.1) is 11.3 Å². The third kappa shape index (κ3) is 3.45.